The molecular formula is C10H14N2O3S. The predicted octanol–water partition coefficient (Wildman–Crippen LogP) is 0.990. The lowest BCUT2D eigenvalue weighted by molar-refractivity contribution is -0.151. The normalized spacial score (nSPS) is 24.2. The summed E-state index contributed by atoms with van der Waals surface area (Å²) < 4.78 is 5.20. The van der Waals surface area contributed by atoms with Gasteiger partial charge >= 0.3 is 5.97 Å². The van der Waals surface area contributed by atoms with Crippen LogP contribution >= 0.6 is 11.3 Å². The molecule has 0 radical (unpaired) electrons. The van der Waals surface area contributed by atoms with Crippen LogP contribution in [0, 0.1) is 0 Å². The average Bonchev–Trinajstić information content (AvgIpc) is 2.81. The van der Waals surface area contributed by atoms with Crippen LogP contribution in [0.25, 0.3) is 0 Å². The molecule has 1 N–H and O–H groups in total. The molecule has 0 aliphatic carbocycles. The van der Waals surface area contributed by atoms with Gasteiger partial charge in [-0.25, -0.2) is 4.98 Å². The van der Waals surface area contributed by atoms with Crippen LogP contribution in [0.2, 0.25) is 0 Å². The van der Waals surface area contributed by atoms with Gasteiger partial charge in [-0.05, 0) is 6.92 Å². The minimum absolute atomic E-state index is 0.0324. The van der Waals surface area contributed by atoms with Crippen LogP contribution in [0.4, 0.5) is 0 Å². The number of hydrogen-bond donors (Lipinski definition) is 1. The van der Waals surface area contributed by atoms with E-state index in [9.17, 15) is 4.79 Å². The summed E-state index contributed by atoms with van der Waals surface area (Å²) in [6, 6.07) is -0.530. The van der Waals surface area contributed by atoms with Gasteiger partial charge in [0.25, 0.3) is 0 Å². The Hall–Kier alpha value is -0.980. The summed E-state index contributed by atoms with van der Waals surface area (Å²) in [4.78, 5) is 17.3. The maximum absolute atomic E-state index is 11.1. The average molecular weight is 242 g/mol. The Morgan fingerprint density at radius 3 is 3.25 bits per heavy atom. The van der Waals surface area contributed by atoms with E-state index in [0.717, 1.165) is 5.01 Å². The molecule has 2 rings (SSSR count). The second-order valence-electron chi connectivity index (χ2n) is 3.71. The van der Waals surface area contributed by atoms with Crippen LogP contribution < -0.4 is 0 Å². The fourth-order valence-electron chi connectivity index (χ4n) is 1.88. The van der Waals surface area contributed by atoms with Gasteiger partial charge in [0, 0.05) is 18.1 Å². The number of hydrogen-bond acceptors (Lipinski definition) is 5. The molecule has 0 saturated carbocycles. The van der Waals surface area contributed by atoms with E-state index in [4.69, 9.17) is 9.84 Å². The van der Waals surface area contributed by atoms with Crippen LogP contribution in [0.5, 0.6) is 0 Å². The van der Waals surface area contributed by atoms with Crippen molar-refractivity contribution in [2.45, 2.75) is 19.0 Å². The highest BCUT2D eigenvalue weighted by atomic mass is 32.1. The second kappa shape index (κ2) is 4.90. The summed E-state index contributed by atoms with van der Waals surface area (Å²) in [6.45, 7) is 3.46. The number of carboxylic acid groups (broad SMARTS) is 1. The molecule has 1 fully saturated rings. The molecule has 0 spiro atoms. The van der Waals surface area contributed by atoms with E-state index in [1.807, 2.05) is 17.2 Å². The molecule has 6 heteroatoms. The molecule has 0 aromatic carbocycles. The van der Waals surface area contributed by atoms with Crippen molar-refractivity contribution >= 4 is 17.3 Å². The lowest BCUT2D eigenvalue weighted by Crippen LogP contribution is -2.50. The third kappa shape index (κ3) is 2.23. The van der Waals surface area contributed by atoms with Gasteiger partial charge in [0.05, 0.1) is 19.3 Å². The molecule has 16 heavy (non-hydrogen) atoms. The van der Waals surface area contributed by atoms with E-state index < -0.39 is 12.0 Å². The molecular weight excluding hydrogens is 228 g/mol. The number of aliphatic carboxylic acids is 1. The van der Waals surface area contributed by atoms with Gasteiger partial charge in [-0.2, -0.15) is 0 Å². The molecule has 0 bridgehead atoms. The number of carbonyl (C=O) groups is 1. The minimum atomic E-state index is -0.830. The monoisotopic (exact) mass is 242 g/mol. The smallest absolute Gasteiger partial charge is 0.323 e. The first-order valence-corrected chi connectivity index (χ1v) is 6.04. The number of rotatable bonds is 3. The zero-order chi connectivity index (χ0) is 11.5. The standard InChI is InChI=1S/C10H14N2O3S/c1-7(9-11-2-5-16-9)12-3-4-15-6-8(12)10(13)14/h2,5,7-8H,3-4,6H2,1H3,(H,13,14). The van der Waals surface area contributed by atoms with Crippen molar-refractivity contribution in [3.8, 4) is 0 Å². The second-order valence-corrected chi connectivity index (χ2v) is 4.64. The molecule has 2 heterocycles. The maximum Gasteiger partial charge on any atom is 0.323 e. The van der Waals surface area contributed by atoms with Gasteiger partial charge in [0.1, 0.15) is 11.0 Å². The quantitative estimate of drug-likeness (QED) is 0.856. The highest BCUT2D eigenvalue weighted by Crippen LogP contribution is 2.25. The predicted molar refractivity (Wildman–Crippen MR) is 59.5 cm³/mol. The molecule has 1 saturated heterocycles. The molecule has 2 atom stereocenters. The molecule has 1 aliphatic heterocycles. The van der Waals surface area contributed by atoms with Gasteiger partial charge in [-0.1, -0.05) is 0 Å². The van der Waals surface area contributed by atoms with Crippen molar-refractivity contribution in [2.24, 2.45) is 0 Å². The number of morpholine rings is 1. The van der Waals surface area contributed by atoms with Gasteiger partial charge in [-0.15, -0.1) is 11.3 Å². The van der Waals surface area contributed by atoms with Crippen LogP contribution in [-0.2, 0) is 9.53 Å². The van der Waals surface area contributed by atoms with E-state index in [0.29, 0.717) is 13.2 Å². The number of carboxylic acids is 1. The van der Waals surface area contributed by atoms with Crippen molar-refractivity contribution in [1.29, 1.82) is 0 Å². The van der Waals surface area contributed by atoms with E-state index in [1.54, 1.807) is 17.5 Å². The molecule has 88 valence electrons. The van der Waals surface area contributed by atoms with Gasteiger partial charge in [0.2, 0.25) is 0 Å². The summed E-state index contributed by atoms with van der Waals surface area (Å²) in [6.07, 6.45) is 1.74. The van der Waals surface area contributed by atoms with E-state index >= 15 is 0 Å². The molecule has 1 aromatic rings. The third-order valence-electron chi connectivity index (χ3n) is 2.76. The Bertz CT molecular complexity index is 355. The Morgan fingerprint density at radius 1 is 1.81 bits per heavy atom. The van der Waals surface area contributed by atoms with Crippen molar-refractivity contribution in [2.75, 3.05) is 19.8 Å². The number of nitrogens with zero attached hydrogens (tertiary/aromatic N) is 2. The van der Waals surface area contributed by atoms with Crippen LogP contribution in [-0.4, -0.2) is 46.8 Å². The highest BCUT2D eigenvalue weighted by Gasteiger charge is 2.33. The largest absolute Gasteiger partial charge is 0.480 e. The maximum atomic E-state index is 11.1. The van der Waals surface area contributed by atoms with E-state index in [-0.39, 0.29) is 12.6 Å². The number of aromatic nitrogens is 1. The molecule has 0 amide bonds. The molecule has 5 nitrogen and oxygen atoms in total. The summed E-state index contributed by atoms with van der Waals surface area (Å²) in [5.41, 5.74) is 0. The van der Waals surface area contributed by atoms with Gasteiger partial charge in [-0.3, -0.25) is 9.69 Å². The Morgan fingerprint density at radius 2 is 2.62 bits per heavy atom. The molecule has 1 aliphatic rings. The lowest BCUT2D eigenvalue weighted by atomic mass is 10.1. The Kier molecular flexibility index (Phi) is 3.52. The Labute approximate surface area is 97.7 Å². The topological polar surface area (TPSA) is 62.7 Å². The first kappa shape index (κ1) is 11.5. The Balaban J connectivity index is 2.14. The molecule has 2 unspecified atom stereocenters. The van der Waals surface area contributed by atoms with Gasteiger partial charge < -0.3 is 9.84 Å². The zero-order valence-electron chi connectivity index (χ0n) is 9.00. The van der Waals surface area contributed by atoms with Crippen LogP contribution in [0.1, 0.15) is 18.0 Å². The van der Waals surface area contributed by atoms with Crippen molar-refractivity contribution in [1.82, 2.24) is 9.88 Å². The first-order valence-electron chi connectivity index (χ1n) is 5.16. The molecule has 1 aromatic heterocycles. The van der Waals surface area contributed by atoms with E-state index in [1.165, 1.54) is 0 Å². The highest BCUT2D eigenvalue weighted by molar-refractivity contribution is 7.09. The van der Waals surface area contributed by atoms with Crippen molar-refractivity contribution < 1.29 is 14.6 Å². The SMILES string of the molecule is CC(c1nccs1)N1CCOCC1C(=O)O. The summed E-state index contributed by atoms with van der Waals surface area (Å²) >= 11 is 1.55. The first-order chi connectivity index (χ1) is 7.70. The lowest BCUT2D eigenvalue weighted by Gasteiger charge is -2.36. The van der Waals surface area contributed by atoms with Crippen LogP contribution in [0.15, 0.2) is 11.6 Å². The fourth-order valence-corrected chi connectivity index (χ4v) is 2.59. The van der Waals surface area contributed by atoms with Crippen molar-refractivity contribution in [3.63, 3.8) is 0 Å². The third-order valence-corrected chi connectivity index (χ3v) is 3.71. The fraction of sp³-hybridized carbons (Fsp3) is 0.600. The van der Waals surface area contributed by atoms with Crippen LogP contribution in [0.3, 0.4) is 0 Å². The summed E-state index contributed by atoms with van der Waals surface area (Å²) in [7, 11) is 0. The van der Waals surface area contributed by atoms with Gasteiger partial charge in [0.15, 0.2) is 0 Å². The summed E-state index contributed by atoms with van der Waals surface area (Å²) in [5, 5.41) is 12.0. The number of thiazole rings is 1. The summed E-state index contributed by atoms with van der Waals surface area (Å²) in [5.74, 6) is -0.830. The zero-order valence-corrected chi connectivity index (χ0v) is 9.81. The van der Waals surface area contributed by atoms with Crippen molar-refractivity contribution in [3.05, 3.63) is 16.6 Å². The minimum Gasteiger partial charge on any atom is -0.480 e. The number of ether oxygens (including phenoxy) is 1. The van der Waals surface area contributed by atoms with E-state index in [2.05, 4.69) is 4.98 Å².